The molecule has 4 unspecified atom stereocenters. The minimum atomic E-state index is -0.230. The number of rotatable bonds is 7. The second-order valence-electron chi connectivity index (χ2n) is 8.67. The summed E-state index contributed by atoms with van der Waals surface area (Å²) in [5.41, 5.74) is 9.38. The Hall–Kier alpha value is -0.356. The van der Waals surface area contributed by atoms with Gasteiger partial charge in [-0.3, -0.25) is 0 Å². The van der Waals surface area contributed by atoms with Crippen LogP contribution in [0.2, 0.25) is 0 Å². The molecule has 2 aromatic carbocycles. The molecule has 0 amide bonds. The number of allylic oxidation sites excluding steroid dienone is 2. The summed E-state index contributed by atoms with van der Waals surface area (Å²) in [5, 5.41) is 1.82. The fraction of sp³-hybridized carbons (Fsp3) is 0.407. The van der Waals surface area contributed by atoms with Gasteiger partial charge in [0.25, 0.3) is 0 Å². The van der Waals surface area contributed by atoms with Crippen molar-refractivity contribution in [1.82, 2.24) is 0 Å². The van der Waals surface area contributed by atoms with Crippen LogP contribution < -0.4 is 24.8 Å². The smallest absolute Gasteiger partial charge is 1.00 e. The van der Waals surface area contributed by atoms with E-state index in [9.17, 15) is 0 Å². The average molecular weight is 507 g/mol. The summed E-state index contributed by atoms with van der Waals surface area (Å²) in [4.78, 5) is 0. The van der Waals surface area contributed by atoms with Crippen molar-refractivity contribution in [3.05, 3.63) is 81.7 Å². The molecule has 0 aromatic heterocycles. The molecule has 164 valence electrons. The van der Waals surface area contributed by atoms with Crippen LogP contribution in [0, 0.1) is 0 Å². The molecule has 2 aliphatic rings. The predicted molar refractivity (Wildman–Crippen MR) is 126 cm³/mol. The molecule has 0 fully saturated rings. The van der Waals surface area contributed by atoms with E-state index in [0.29, 0.717) is 8.45 Å². The van der Waals surface area contributed by atoms with Crippen molar-refractivity contribution in [2.75, 3.05) is 0 Å². The van der Waals surface area contributed by atoms with Gasteiger partial charge < -0.3 is 24.8 Å². The molecule has 0 aliphatic heterocycles. The van der Waals surface area contributed by atoms with Gasteiger partial charge in [-0.05, 0) is 0 Å². The Morgan fingerprint density at radius 3 is 1.81 bits per heavy atom. The Morgan fingerprint density at radius 1 is 0.774 bits per heavy atom. The predicted octanol–water partition coefficient (Wildman–Crippen LogP) is 2.41. The number of benzene rings is 2. The topological polar surface area (TPSA) is 0 Å². The van der Waals surface area contributed by atoms with E-state index in [1.807, 2.05) is 5.31 Å². The first kappa shape index (κ1) is 26.9. The molecule has 0 bridgehead atoms. The zero-order chi connectivity index (χ0) is 20.5. The molecule has 0 saturated carbocycles. The van der Waals surface area contributed by atoms with E-state index in [2.05, 4.69) is 95.3 Å². The van der Waals surface area contributed by atoms with Crippen LogP contribution >= 0.6 is 7.92 Å². The first-order chi connectivity index (χ1) is 14.0. The second kappa shape index (κ2) is 11.7. The number of hydrogen-bond acceptors (Lipinski definition) is 0. The normalized spacial score (nSPS) is 21.3. The largest absolute Gasteiger partial charge is 1.00 e. The summed E-state index contributed by atoms with van der Waals surface area (Å²) in [5.74, 6) is 0. The number of hydrogen-bond donors (Lipinski definition) is 0. The summed E-state index contributed by atoms with van der Waals surface area (Å²) in [6.45, 7) is 12.2. The summed E-state index contributed by atoms with van der Waals surface area (Å²) >= 11 is -0.230. The Labute approximate surface area is 211 Å². The van der Waals surface area contributed by atoms with Crippen LogP contribution in [-0.2, 0) is 19.2 Å². The van der Waals surface area contributed by atoms with Crippen LogP contribution in [0.1, 0.15) is 78.2 Å². The molecule has 4 heteroatoms. The molecular weight excluding hydrogens is 474 g/mol. The first-order valence-electron chi connectivity index (χ1n) is 11.2. The number of halogens is 2. The zero-order valence-electron chi connectivity index (χ0n) is 19.2. The summed E-state index contributed by atoms with van der Waals surface area (Å²) < 4.78 is 1.37. The van der Waals surface area contributed by atoms with Crippen molar-refractivity contribution >= 4 is 20.1 Å². The van der Waals surface area contributed by atoms with Crippen LogP contribution in [0.3, 0.4) is 0 Å². The Balaban J connectivity index is 0.00000171. The zero-order valence-corrected chi connectivity index (χ0v) is 23.2. The monoisotopic (exact) mass is 506 g/mol. The number of fused-ring (bicyclic) bond motifs is 2. The van der Waals surface area contributed by atoms with Gasteiger partial charge in [0.05, 0.1) is 0 Å². The molecule has 2 aliphatic carbocycles. The minimum Gasteiger partial charge on any atom is -1.00 e. The van der Waals surface area contributed by atoms with Crippen LogP contribution in [0.15, 0.2) is 59.4 Å². The van der Waals surface area contributed by atoms with Gasteiger partial charge in [-0.15, -0.1) is 0 Å². The van der Waals surface area contributed by atoms with Gasteiger partial charge in [-0.25, -0.2) is 0 Å². The molecule has 31 heavy (non-hydrogen) atoms. The Bertz CT molecular complexity index is 942. The Kier molecular flexibility index (Phi) is 10.1. The molecule has 0 nitrogen and oxygen atoms in total. The quantitative estimate of drug-likeness (QED) is 0.399. The molecule has 2 aromatic rings. The SMILES string of the molecule is CCC(C)P(C1=Cc2ccccc2[CH]1[Ti+2][CH]1C(C)=Cc2ccccc21)C(C)CC.[Cl-].[Cl-]. The van der Waals surface area contributed by atoms with Gasteiger partial charge in [-0.2, -0.15) is 0 Å². The molecular formula is C27H33Cl2PTi. The van der Waals surface area contributed by atoms with Crippen molar-refractivity contribution in [2.24, 2.45) is 0 Å². The van der Waals surface area contributed by atoms with Crippen LogP contribution in [0.4, 0.5) is 0 Å². The molecule has 0 spiro atoms. The molecule has 0 radical (unpaired) electrons. The van der Waals surface area contributed by atoms with E-state index in [1.165, 1.54) is 24.0 Å². The molecule has 0 heterocycles. The van der Waals surface area contributed by atoms with Gasteiger partial charge in [0.1, 0.15) is 0 Å². The summed E-state index contributed by atoms with van der Waals surface area (Å²) in [6.07, 6.45) is 7.65. The van der Waals surface area contributed by atoms with E-state index in [0.717, 1.165) is 11.3 Å². The van der Waals surface area contributed by atoms with E-state index in [4.69, 9.17) is 0 Å². The van der Waals surface area contributed by atoms with E-state index in [1.54, 1.807) is 16.7 Å². The molecule has 0 N–H and O–H groups in total. The van der Waals surface area contributed by atoms with E-state index in [-0.39, 0.29) is 51.9 Å². The Morgan fingerprint density at radius 2 is 1.26 bits per heavy atom. The summed E-state index contributed by atoms with van der Waals surface area (Å²) in [7, 11) is -0.0989. The molecule has 4 rings (SSSR count). The minimum absolute atomic E-state index is 0. The maximum absolute atomic E-state index is 2.62. The fourth-order valence-electron chi connectivity index (χ4n) is 4.91. The third-order valence-electron chi connectivity index (χ3n) is 6.81. The van der Waals surface area contributed by atoms with Crippen LogP contribution in [0.25, 0.3) is 12.2 Å². The van der Waals surface area contributed by atoms with Crippen molar-refractivity contribution in [3.63, 3.8) is 0 Å². The van der Waals surface area contributed by atoms with Crippen LogP contribution in [-0.4, -0.2) is 11.3 Å². The van der Waals surface area contributed by atoms with Crippen molar-refractivity contribution in [2.45, 2.75) is 67.2 Å². The van der Waals surface area contributed by atoms with Crippen molar-refractivity contribution in [3.8, 4) is 0 Å². The van der Waals surface area contributed by atoms with Crippen molar-refractivity contribution < 1.29 is 44.0 Å². The van der Waals surface area contributed by atoms with Gasteiger partial charge in [0, 0.05) is 0 Å². The van der Waals surface area contributed by atoms with E-state index >= 15 is 0 Å². The maximum atomic E-state index is 2.62. The average Bonchev–Trinajstić information content (AvgIpc) is 3.25. The standard InChI is InChI=1S/C17H24P.C10H9.2ClH.Ti/c1-5-13(3)18(14(4)6-2)17-11-15-9-7-8-10-16(15)12-17;1-8-6-9-4-2-3-5-10(9)7-8;;;/h7-14H,5-6H2,1-4H3;2-7H,1H3;2*1H;/q;;;;+2/p-2. The molecule has 4 atom stereocenters. The fourth-order valence-corrected chi connectivity index (χ4v) is 12.2. The third kappa shape index (κ3) is 5.26. The van der Waals surface area contributed by atoms with Gasteiger partial charge in [0.2, 0.25) is 0 Å². The van der Waals surface area contributed by atoms with Gasteiger partial charge in [-0.1, -0.05) is 0 Å². The maximum Gasteiger partial charge on any atom is -1.00 e. The summed E-state index contributed by atoms with van der Waals surface area (Å²) in [6, 6.07) is 18.4. The van der Waals surface area contributed by atoms with Gasteiger partial charge >= 0.3 is 188 Å². The first-order valence-corrected chi connectivity index (χ1v) is 14.5. The van der Waals surface area contributed by atoms with Crippen LogP contribution in [0.5, 0.6) is 0 Å². The van der Waals surface area contributed by atoms with Gasteiger partial charge in [0.15, 0.2) is 0 Å². The van der Waals surface area contributed by atoms with E-state index < -0.39 is 0 Å². The second-order valence-corrected chi connectivity index (χ2v) is 14.1. The van der Waals surface area contributed by atoms with Crippen molar-refractivity contribution in [1.29, 1.82) is 0 Å². The third-order valence-corrected chi connectivity index (χ3v) is 14.0. The molecule has 0 saturated heterocycles.